The molecule has 1 aliphatic rings. The minimum atomic E-state index is -0.435. The van der Waals surface area contributed by atoms with Crippen LogP contribution in [0.4, 0.5) is 11.4 Å². The minimum absolute atomic E-state index is 0.0375. The smallest absolute Gasteiger partial charge is 0.269 e. The highest BCUT2D eigenvalue weighted by Crippen LogP contribution is 2.36. The van der Waals surface area contributed by atoms with Gasteiger partial charge in [-0.1, -0.05) is 24.6 Å². The summed E-state index contributed by atoms with van der Waals surface area (Å²) < 4.78 is 6.59. The van der Waals surface area contributed by atoms with Crippen LogP contribution in [0.5, 0.6) is 5.75 Å². The van der Waals surface area contributed by atoms with E-state index in [1.807, 2.05) is 43.3 Å². The van der Waals surface area contributed by atoms with E-state index in [4.69, 9.17) is 16.3 Å². The molecule has 4 rings (SSSR count). The summed E-state index contributed by atoms with van der Waals surface area (Å²) >= 11 is 10.8. The maximum atomic E-state index is 13.1. The number of amides is 1. The van der Waals surface area contributed by atoms with Crippen molar-refractivity contribution in [2.45, 2.75) is 20.0 Å². The number of nitro benzene ring substituents is 1. The lowest BCUT2D eigenvalue weighted by Gasteiger charge is -2.13. The minimum Gasteiger partial charge on any atom is -0.488 e. The van der Waals surface area contributed by atoms with Crippen molar-refractivity contribution in [2.75, 3.05) is 6.54 Å². The van der Waals surface area contributed by atoms with E-state index in [0.29, 0.717) is 27.4 Å². The maximum Gasteiger partial charge on any atom is 0.269 e. The highest BCUT2D eigenvalue weighted by molar-refractivity contribution is 9.10. The van der Waals surface area contributed by atoms with E-state index in [-0.39, 0.29) is 18.2 Å². The van der Waals surface area contributed by atoms with Gasteiger partial charge < -0.3 is 4.74 Å². The summed E-state index contributed by atoms with van der Waals surface area (Å²) in [5.41, 5.74) is 2.42. The number of hydrogen-bond acceptors (Lipinski definition) is 6. The Kier molecular flexibility index (Phi) is 8.45. The van der Waals surface area contributed by atoms with E-state index in [1.54, 1.807) is 29.2 Å². The van der Waals surface area contributed by atoms with Crippen molar-refractivity contribution in [3.8, 4) is 5.75 Å². The van der Waals surface area contributed by atoms with Crippen molar-refractivity contribution in [1.82, 2.24) is 4.90 Å². The number of non-ortho nitro benzene ring substituents is 1. The molecule has 3 aromatic rings. The lowest BCUT2D eigenvalue weighted by molar-refractivity contribution is -0.384. The molecule has 0 bridgehead atoms. The van der Waals surface area contributed by atoms with Gasteiger partial charge in [0.2, 0.25) is 0 Å². The molecule has 1 amide bonds. The lowest BCUT2D eigenvalue weighted by Crippen LogP contribution is -2.29. The van der Waals surface area contributed by atoms with Crippen LogP contribution in [0.25, 0.3) is 6.08 Å². The third-order valence-corrected chi connectivity index (χ3v) is 7.06. The number of halogens is 2. The Morgan fingerprint density at radius 3 is 2.50 bits per heavy atom. The zero-order valence-corrected chi connectivity index (χ0v) is 22.3. The number of aliphatic imine (C=N–C) groups is 1. The number of carbonyl (C=O) groups excluding carboxylic acids is 1. The number of amidine groups is 1. The number of hydrogen-bond donors (Lipinski definition) is 0. The van der Waals surface area contributed by atoms with Crippen LogP contribution in [0.1, 0.15) is 24.5 Å². The van der Waals surface area contributed by atoms with Crippen molar-refractivity contribution >= 4 is 67.8 Å². The highest BCUT2D eigenvalue weighted by Gasteiger charge is 2.32. The molecule has 0 saturated carbocycles. The molecular formula is C26H21BrClN3O4S. The molecule has 3 aromatic carbocycles. The Hall–Kier alpha value is -3.14. The van der Waals surface area contributed by atoms with Gasteiger partial charge in [0.1, 0.15) is 12.4 Å². The van der Waals surface area contributed by atoms with E-state index in [9.17, 15) is 14.9 Å². The van der Waals surface area contributed by atoms with Gasteiger partial charge in [-0.15, -0.1) is 0 Å². The normalized spacial score (nSPS) is 15.6. The Bertz CT molecular complexity index is 1340. The number of rotatable bonds is 8. The van der Waals surface area contributed by atoms with Crippen LogP contribution < -0.4 is 4.74 Å². The van der Waals surface area contributed by atoms with Crippen LogP contribution in [0, 0.1) is 10.1 Å². The van der Waals surface area contributed by atoms with Gasteiger partial charge in [-0.25, -0.2) is 4.99 Å². The molecular weight excluding hydrogens is 566 g/mol. The van der Waals surface area contributed by atoms with Gasteiger partial charge in [-0.05, 0) is 99.8 Å². The third kappa shape index (κ3) is 6.34. The van der Waals surface area contributed by atoms with Crippen LogP contribution in [0.3, 0.4) is 0 Å². The van der Waals surface area contributed by atoms with E-state index in [0.717, 1.165) is 27.7 Å². The zero-order valence-electron chi connectivity index (χ0n) is 19.2. The molecule has 0 radical (unpaired) electrons. The highest BCUT2D eigenvalue weighted by atomic mass is 79.9. The summed E-state index contributed by atoms with van der Waals surface area (Å²) in [6.45, 7) is 2.86. The second kappa shape index (κ2) is 11.7. The van der Waals surface area contributed by atoms with Crippen molar-refractivity contribution in [2.24, 2.45) is 4.99 Å². The van der Waals surface area contributed by atoms with Gasteiger partial charge in [0, 0.05) is 23.7 Å². The quantitative estimate of drug-likeness (QED) is 0.154. The fourth-order valence-corrected chi connectivity index (χ4v) is 5.05. The van der Waals surface area contributed by atoms with Gasteiger partial charge in [0.15, 0.2) is 5.17 Å². The number of carbonyl (C=O) groups is 1. The topological polar surface area (TPSA) is 85.0 Å². The molecule has 0 N–H and O–H groups in total. The monoisotopic (exact) mass is 585 g/mol. The molecule has 184 valence electrons. The molecule has 36 heavy (non-hydrogen) atoms. The van der Waals surface area contributed by atoms with Gasteiger partial charge in [0.25, 0.3) is 11.6 Å². The van der Waals surface area contributed by atoms with Crippen molar-refractivity contribution in [1.29, 1.82) is 0 Å². The number of nitrogens with zero attached hydrogens (tertiary/aromatic N) is 3. The second-order valence-corrected chi connectivity index (χ2v) is 10.1. The molecule has 0 unspecified atom stereocenters. The molecule has 0 aliphatic carbocycles. The summed E-state index contributed by atoms with van der Waals surface area (Å²) in [5.74, 6) is 0.544. The molecule has 1 aliphatic heterocycles. The van der Waals surface area contributed by atoms with Gasteiger partial charge in [-0.2, -0.15) is 0 Å². The van der Waals surface area contributed by atoms with Crippen LogP contribution in [-0.2, 0) is 11.4 Å². The van der Waals surface area contributed by atoms with E-state index in [1.165, 1.54) is 23.9 Å². The fraction of sp³-hybridized carbons (Fsp3) is 0.154. The first-order valence-electron chi connectivity index (χ1n) is 11.1. The number of nitro groups is 1. The standard InChI is InChI=1S/C26H21BrClN3O4S/c1-2-13-30-25(32)24(36-26(30)29-20-8-6-19(28)7-9-20)15-18-5-12-23(22(27)14-18)35-16-17-3-10-21(11-4-17)31(33)34/h3-12,14-15H,2,13,16H2,1H3/b24-15-,29-26?. The first-order valence-corrected chi connectivity index (χ1v) is 13.0. The number of benzene rings is 3. The van der Waals surface area contributed by atoms with Crippen molar-refractivity contribution in [3.63, 3.8) is 0 Å². The van der Waals surface area contributed by atoms with Gasteiger partial charge in [0.05, 0.1) is 20.0 Å². The Balaban J connectivity index is 1.49. The van der Waals surface area contributed by atoms with E-state index in [2.05, 4.69) is 20.9 Å². The number of thioether (sulfide) groups is 1. The zero-order chi connectivity index (χ0) is 25.7. The maximum absolute atomic E-state index is 13.1. The average Bonchev–Trinajstić information content (AvgIpc) is 3.14. The van der Waals surface area contributed by atoms with Crippen LogP contribution >= 0.6 is 39.3 Å². The van der Waals surface area contributed by atoms with Crippen molar-refractivity contribution in [3.05, 3.63) is 102 Å². The van der Waals surface area contributed by atoms with Crippen LogP contribution in [0.15, 0.2) is 81.1 Å². The first-order chi connectivity index (χ1) is 17.3. The summed E-state index contributed by atoms with van der Waals surface area (Å²) in [7, 11) is 0. The lowest BCUT2D eigenvalue weighted by atomic mass is 10.2. The summed E-state index contributed by atoms with van der Waals surface area (Å²) in [5, 5.41) is 12.1. The summed E-state index contributed by atoms with van der Waals surface area (Å²) in [6, 6.07) is 19.0. The summed E-state index contributed by atoms with van der Waals surface area (Å²) in [6.07, 6.45) is 2.65. The molecule has 0 atom stereocenters. The van der Waals surface area contributed by atoms with Gasteiger partial charge in [-0.3, -0.25) is 19.8 Å². The van der Waals surface area contributed by atoms with Crippen LogP contribution in [0.2, 0.25) is 5.02 Å². The number of ether oxygens (including phenoxy) is 1. The second-order valence-electron chi connectivity index (χ2n) is 7.84. The first kappa shape index (κ1) is 25.9. The Labute approximate surface area is 226 Å². The summed E-state index contributed by atoms with van der Waals surface area (Å²) in [4.78, 5) is 30.4. The fourth-order valence-electron chi connectivity index (χ4n) is 3.39. The average molecular weight is 587 g/mol. The molecule has 1 heterocycles. The SMILES string of the molecule is CCCN1C(=O)/C(=C/c2ccc(OCc3ccc([N+](=O)[O-])cc3)c(Br)c2)SC1=Nc1ccc(Cl)cc1. The van der Waals surface area contributed by atoms with Gasteiger partial charge >= 0.3 is 0 Å². The molecule has 1 saturated heterocycles. The van der Waals surface area contributed by atoms with Crippen LogP contribution in [-0.4, -0.2) is 27.4 Å². The molecule has 0 aromatic heterocycles. The third-order valence-electron chi connectivity index (χ3n) is 5.18. The predicted octanol–water partition coefficient (Wildman–Crippen LogP) is 7.60. The predicted molar refractivity (Wildman–Crippen MR) is 148 cm³/mol. The molecule has 0 spiro atoms. The molecule has 10 heteroatoms. The van der Waals surface area contributed by atoms with E-state index < -0.39 is 4.92 Å². The Morgan fingerprint density at radius 2 is 1.86 bits per heavy atom. The largest absolute Gasteiger partial charge is 0.488 e. The Morgan fingerprint density at radius 1 is 1.14 bits per heavy atom. The van der Waals surface area contributed by atoms with Crippen molar-refractivity contribution < 1.29 is 14.5 Å². The van der Waals surface area contributed by atoms with E-state index >= 15 is 0 Å². The molecule has 7 nitrogen and oxygen atoms in total. The molecule has 1 fully saturated rings.